The fourth-order valence-corrected chi connectivity index (χ4v) is 12.2. The van der Waals surface area contributed by atoms with Crippen LogP contribution in [-0.4, -0.2) is 186 Å². The van der Waals surface area contributed by atoms with Crippen molar-refractivity contribution in [2.75, 3.05) is 152 Å². The Balaban J connectivity index is 0.000000236. The second-order valence-corrected chi connectivity index (χ2v) is 28.4. The van der Waals surface area contributed by atoms with E-state index in [9.17, 15) is 37.1 Å². The van der Waals surface area contributed by atoms with Crippen LogP contribution in [0.25, 0.3) is 0 Å². The first-order chi connectivity index (χ1) is 58.8. The van der Waals surface area contributed by atoms with Gasteiger partial charge in [0, 0.05) is 73.2 Å². The predicted octanol–water partition coefficient (Wildman–Crippen LogP) is 16.2. The summed E-state index contributed by atoms with van der Waals surface area (Å²) in [5.41, 5.74) is 12.3. The van der Waals surface area contributed by atoms with Crippen LogP contribution in [0.1, 0.15) is 64.5 Å². The van der Waals surface area contributed by atoms with Gasteiger partial charge in [-0.1, -0.05) is 167 Å². The van der Waals surface area contributed by atoms with Crippen LogP contribution in [0, 0.1) is 20.8 Å². The second-order valence-electron chi connectivity index (χ2n) is 26.4. The maximum atomic E-state index is 12.8. The van der Waals surface area contributed by atoms with E-state index in [0.717, 1.165) is 62.8 Å². The number of para-hydroxylation sites is 7. The van der Waals surface area contributed by atoms with E-state index < -0.39 is 11.7 Å². The van der Waals surface area contributed by atoms with Crippen LogP contribution in [0.15, 0.2) is 218 Å². The second kappa shape index (κ2) is 55.4. The molecule has 0 radical (unpaired) electrons. The Hall–Kier alpha value is -10.6. The summed E-state index contributed by atoms with van der Waals surface area (Å²) >= 11 is 30.9. The van der Waals surface area contributed by atoms with Crippen molar-refractivity contribution in [2.45, 2.75) is 39.8 Å². The minimum absolute atomic E-state index is 0.0173. The molecule has 652 valence electrons. The van der Waals surface area contributed by atoms with Crippen molar-refractivity contribution in [3.05, 3.63) is 294 Å². The highest BCUT2D eigenvalue weighted by molar-refractivity contribution is 6.40. The maximum Gasteiger partial charge on any atom is 0.416 e. The van der Waals surface area contributed by atoms with Gasteiger partial charge in [0.15, 0.2) is 0 Å². The van der Waals surface area contributed by atoms with Crippen LogP contribution in [-0.2, 0) is 47.6 Å². The molecule has 24 nitrogen and oxygen atoms in total. The van der Waals surface area contributed by atoms with Crippen LogP contribution >= 0.6 is 58.0 Å². The Morgan fingerprint density at radius 1 is 0.361 bits per heavy atom. The highest BCUT2D eigenvalue weighted by Gasteiger charge is 2.31. The Bertz CT molecular complexity index is 4770. The highest BCUT2D eigenvalue weighted by Crippen LogP contribution is 2.37. The number of alkyl halides is 3. The average Bonchev–Trinajstić information content (AvgIpc) is 0.849. The van der Waals surface area contributed by atoms with Crippen molar-refractivity contribution in [2.24, 2.45) is 0 Å². The van der Waals surface area contributed by atoms with Gasteiger partial charge in [0.1, 0.15) is 0 Å². The van der Waals surface area contributed by atoms with Crippen LogP contribution in [0.3, 0.4) is 0 Å². The topological polar surface area (TPSA) is 335 Å². The number of ether oxygens (including phenoxy) is 4. The average molecular weight is 1780 g/mol. The number of hydrogen-bond donors (Lipinski definition) is 14. The quantitative estimate of drug-likeness (QED) is 0.0159. The van der Waals surface area contributed by atoms with E-state index in [1.807, 2.05) is 122 Å². The number of halogens is 8. The molecule has 122 heavy (non-hydrogen) atoms. The number of anilines is 10. The fraction of sp³-hybridized carbons (Fsp3) is 0.278. The van der Waals surface area contributed by atoms with Crippen molar-refractivity contribution in [1.29, 1.82) is 0 Å². The van der Waals surface area contributed by atoms with Gasteiger partial charge >= 0.3 is 6.18 Å². The summed E-state index contributed by atoms with van der Waals surface area (Å²) in [5, 5.41) is 73.1. The molecule has 32 heteroatoms. The number of aryl methyl sites for hydroxylation is 1. The summed E-state index contributed by atoms with van der Waals surface area (Å²) in [6.07, 6.45) is -4.00. The number of carbonyl (C=O) groups is 5. The van der Waals surface area contributed by atoms with E-state index in [4.69, 9.17) is 102 Å². The molecule has 0 aliphatic heterocycles. The summed E-state index contributed by atoms with van der Waals surface area (Å²) in [6, 6.07) is 63.1. The van der Waals surface area contributed by atoms with Gasteiger partial charge < -0.3 is 97.2 Å². The molecule has 0 unspecified atom stereocenters. The van der Waals surface area contributed by atoms with Crippen LogP contribution < -0.4 is 47.9 Å². The molecular weight excluding hydrogens is 1680 g/mol. The minimum Gasteiger partial charge on any atom is -0.395 e. The molecule has 0 spiro atoms. The van der Waals surface area contributed by atoms with E-state index in [1.165, 1.54) is 22.6 Å². The summed E-state index contributed by atoms with van der Waals surface area (Å²) in [4.78, 5) is 62.8. The summed E-state index contributed by atoms with van der Waals surface area (Å²) in [7, 11) is 1.67. The lowest BCUT2D eigenvalue weighted by atomic mass is 10.1. The number of nitrogens with one attached hydrogen (secondary N) is 9. The first-order valence-electron chi connectivity index (χ1n) is 38.7. The smallest absolute Gasteiger partial charge is 0.395 e. The third-order valence-electron chi connectivity index (χ3n) is 17.5. The Morgan fingerprint density at radius 2 is 0.705 bits per heavy atom. The van der Waals surface area contributed by atoms with Crippen molar-refractivity contribution >= 4 is 144 Å². The molecule has 0 fully saturated rings. The summed E-state index contributed by atoms with van der Waals surface area (Å²) in [6.45, 7) is 9.87. The van der Waals surface area contributed by atoms with Gasteiger partial charge in [0.2, 0.25) is 11.8 Å². The molecule has 0 aliphatic rings. The molecule has 0 aromatic heterocycles. The molecule has 0 atom stereocenters. The zero-order valence-electron chi connectivity index (χ0n) is 67.8. The van der Waals surface area contributed by atoms with E-state index in [0.29, 0.717) is 111 Å². The molecule has 10 aromatic carbocycles. The number of amides is 5. The number of aliphatic hydroxyl groups excluding tert-OH is 5. The van der Waals surface area contributed by atoms with Gasteiger partial charge in [0.05, 0.1) is 170 Å². The molecule has 14 N–H and O–H groups in total. The molecule has 0 heterocycles. The van der Waals surface area contributed by atoms with Gasteiger partial charge in [0.25, 0.3) is 17.7 Å². The lowest BCUT2D eigenvalue weighted by Gasteiger charge is -2.18. The zero-order valence-corrected chi connectivity index (χ0v) is 71.6. The SMILES string of the molecule is CN(CCO)C(=O)Cc1ccccc1Nc1c(Cl)cccc1Cl.Cc1c(Cl)cccc1Nc1ccccc1C(=O)NCCOCCO.Cc1cccc(Nc2ccccc2C(=O)NCCOCCO)c1C.O=C(Cc1ccccc1Nc1c(Cl)cccc1Cl)NCCOCCO.O=C(NCCOCCO)c1ccccc1Nc1cccc(C(F)(F)F)c1. The highest BCUT2D eigenvalue weighted by atomic mass is 35.5. The van der Waals surface area contributed by atoms with E-state index in [2.05, 4.69) is 67.8 Å². The molecule has 5 amide bonds. The van der Waals surface area contributed by atoms with Crippen LogP contribution in [0.5, 0.6) is 0 Å². The van der Waals surface area contributed by atoms with Crippen molar-refractivity contribution in [3.63, 3.8) is 0 Å². The van der Waals surface area contributed by atoms with E-state index >= 15 is 0 Å². The van der Waals surface area contributed by atoms with Crippen LogP contribution in [0.4, 0.5) is 70.0 Å². The minimum atomic E-state index is -4.44. The normalized spacial score (nSPS) is 10.6. The van der Waals surface area contributed by atoms with Gasteiger partial charge in [-0.25, -0.2) is 0 Å². The Morgan fingerprint density at radius 3 is 1.12 bits per heavy atom. The van der Waals surface area contributed by atoms with Crippen molar-refractivity contribution in [1.82, 2.24) is 26.2 Å². The van der Waals surface area contributed by atoms with E-state index in [-0.39, 0.29) is 121 Å². The monoisotopic (exact) mass is 1780 g/mol. The molecular formula is C90H102Cl5F3N10O14. The predicted molar refractivity (Wildman–Crippen MR) is 479 cm³/mol. The summed E-state index contributed by atoms with van der Waals surface area (Å²) < 4.78 is 58.9. The van der Waals surface area contributed by atoms with E-state index in [1.54, 1.807) is 79.8 Å². The molecule has 0 aliphatic carbocycles. The number of likely N-dealkylation sites (N-methyl/N-ethyl adjacent to an activating group) is 1. The third-order valence-corrected chi connectivity index (χ3v) is 19.2. The van der Waals surface area contributed by atoms with Gasteiger partial charge in [-0.05, 0) is 158 Å². The van der Waals surface area contributed by atoms with Gasteiger partial charge in [-0.2, -0.15) is 13.2 Å². The first-order valence-corrected chi connectivity index (χ1v) is 40.6. The number of aliphatic hydroxyl groups is 5. The van der Waals surface area contributed by atoms with Crippen molar-refractivity contribution < 1.29 is 81.6 Å². The van der Waals surface area contributed by atoms with Crippen LogP contribution in [0.2, 0.25) is 25.1 Å². The van der Waals surface area contributed by atoms with Gasteiger partial charge in [-0.3, -0.25) is 24.0 Å². The zero-order chi connectivity index (χ0) is 88.6. The maximum absolute atomic E-state index is 12.8. The lowest BCUT2D eigenvalue weighted by Crippen LogP contribution is -2.30. The molecule has 0 saturated heterocycles. The number of rotatable bonds is 39. The number of benzene rings is 10. The molecule has 0 bridgehead atoms. The third kappa shape index (κ3) is 35.1. The first kappa shape index (κ1) is 100. The van der Waals surface area contributed by atoms with Crippen molar-refractivity contribution in [3.8, 4) is 0 Å². The molecule has 10 aromatic rings. The largest absolute Gasteiger partial charge is 0.416 e. The van der Waals surface area contributed by atoms with Gasteiger partial charge in [-0.15, -0.1) is 0 Å². The Labute approximate surface area is 733 Å². The summed E-state index contributed by atoms with van der Waals surface area (Å²) in [5.74, 6) is -0.917. The number of carbonyl (C=O) groups excluding carboxylic acids is 5. The number of nitrogens with zero attached hydrogens (tertiary/aromatic N) is 1. The number of hydrogen-bond acceptors (Lipinski definition) is 19. The fourth-order valence-electron chi connectivity index (χ4n) is 11.0. The lowest BCUT2D eigenvalue weighted by molar-refractivity contribution is -0.137. The standard InChI is InChI=1S/C19H24N2O3.C18H20Cl2N2O3.C18H21ClN2O3.C18H19F3N2O3.C17H18Cl2N2O2/c1-14-6-5-9-17(15(14)2)21-18-8-4-3-7-16(18)19(23)20-10-12-24-13-11-22;19-14-5-3-6-15(20)18(14)22-16-7-2-1-4-13(16)12-17(24)21-8-10-25-11-9-23;1-13-15(19)6-4-8-16(13)21-17-7-3-2-5-14(17)18(23)20-9-11-24-12-10-22;19-18(20,21)13-4-3-5-14(12-13)23-16-7-2-1-6-15(16)17(25)22-8-10-26-11-9-24;1-21(9-10-22)16(23)11-12-5-2-3-8-15(12)20-17-13(18)6-4-7-14(17)19/h3-9,21-22H,10-13H2,1-2H3,(H,20,23);1-7,22-23H,8-12H2,(H,21,24);2-8,21-22H,9-12H2,1H3,(H,20,23);1-7,12,23-24H,8-11H2,(H,22,25);2-8,20,22H,9-11H2,1H3. The molecule has 10 rings (SSSR count). The molecule has 0 saturated carbocycles. The Kier molecular flexibility index (Phi) is 45.6.